The SMILES string of the molecule is CCCCCCCC[N+]1=C(/C=C2\C(=O)C(=O)C(/C=c3/[nH]c4cccc5cccc3c54)=C2O)c2cccc3c(-c4ccc(N(c5ccc(C)cc5)c5ccc(C)cc5)s4)ccc1c23. The number of H-pyrrole nitrogens is 1. The van der Waals surface area contributed by atoms with Crippen LogP contribution in [0.1, 0.15) is 62.1 Å². The van der Waals surface area contributed by atoms with E-state index in [2.05, 4.69) is 138 Å². The Morgan fingerprint density at radius 3 is 2.08 bits per heavy atom. The van der Waals surface area contributed by atoms with Crippen LogP contribution in [0, 0.1) is 13.8 Å². The van der Waals surface area contributed by atoms with E-state index >= 15 is 0 Å². The molecule has 0 atom stereocenters. The number of aryl methyl sites for hydroxylation is 2. The summed E-state index contributed by atoms with van der Waals surface area (Å²) in [6.07, 6.45) is 10.3. The average Bonchev–Trinajstić information content (AvgIpc) is 4.03. The van der Waals surface area contributed by atoms with Gasteiger partial charge >= 0.3 is 0 Å². The van der Waals surface area contributed by atoms with Gasteiger partial charge in [0.2, 0.25) is 23.0 Å². The number of rotatable bonds is 13. The molecule has 6 nitrogen and oxygen atoms in total. The number of nitrogens with zero attached hydrogens (tertiary/aromatic N) is 2. The highest BCUT2D eigenvalue weighted by Crippen LogP contribution is 2.46. The first-order valence-electron chi connectivity index (χ1n) is 21.8. The summed E-state index contributed by atoms with van der Waals surface area (Å²) < 4.78 is 2.29. The molecule has 8 aromatic rings. The zero-order valence-corrected chi connectivity index (χ0v) is 36.1. The number of nitrogens with one attached hydrogen (secondary N) is 1. The van der Waals surface area contributed by atoms with Crippen molar-refractivity contribution in [1.82, 2.24) is 4.98 Å². The van der Waals surface area contributed by atoms with E-state index in [1.165, 1.54) is 36.8 Å². The number of unbranched alkanes of at least 4 members (excludes halogenated alkanes) is 5. The molecule has 3 heterocycles. The van der Waals surface area contributed by atoms with Gasteiger partial charge in [0.05, 0.1) is 22.1 Å². The van der Waals surface area contributed by atoms with Gasteiger partial charge in [-0.25, -0.2) is 0 Å². The summed E-state index contributed by atoms with van der Waals surface area (Å²) in [6.45, 7) is 7.20. The lowest BCUT2D eigenvalue weighted by Crippen LogP contribution is -2.16. The van der Waals surface area contributed by atoms with Crippen molar-refractivity contribution >= 4 is 89.2 Å². The third-order valence-electron chi connectivity index (χ3n) is 12.5. The number of hydrogen-bond acceptors (Lipinski definition) is 5. The number of hydrogen-bond donors (Lipinski definition) is 2. The van der Waals surface area contributed by atoms with Gasteiger partial charge in [-0.05, 0) is 91.7 Å². The number of thiophene rings is 1. The number of Topliss-reactive ketones (excluding diaryl/α,β-unsaturated/α-hetero) is 2. The molecule has 10 rings (SSSR count). The highest BCUT2D eigenvalue weighted by Gasteiger charge is 2.39. The number of carbonyl (C=O) groups is 2. The van der Waals surface area contributed by atoms with Crippen molar-refractivity contribution in [2.75, 3.05) is 11.4 Å². The molecule has 306 valence electrons. The minimum Gasteiger partial charge on any atom is -0.506 e. The summed E-state index contributed by atoms with van der Waals surface area (Å²) in [6, 6.07) is 44.6. The number of allylic oxidation sites excluding steroid dienone is 3. The van der Waals surface area contributed by atoms with Crippen molar-refractivity contribution in [3.63, 3.8) is 0 Å². The van der Waals surface area contributed by atoms with Gasteiger partial charge in [0.25, 0.3) is 0 Å². The fourth-order valence-corrected chi connectivity index (χ4v) is 10.4. The van der Waals surface area contributed by atoms with Crippen LogP contribution in [-0.4, -0.2) is 38.5 Å². The highest BCUT2D eigenvalue weighted by atomic mass is 32.1. The number of ketones is 2. The van der Waals surface area contributed by atoms with Crippen LogP contribution >= 0.6 is 11.3 Å². The molecule has 62 heavy (non-hydrogen) atoms. The van der Waals surface area contributed by atoms with Crippen LogP contribution in [0.3, 0.4) is 0 Å². The zero-order chi connectivity index (χ0) is 42.5. The second-order valence-electron chi connectivity index (χ2n) is 16.7. The maximum atomic E-state index is 13.9. The fourth-order valence-electron chi connectivity index (χ4n) is 9.30. The molecule has 1 aliphatic carbocycles. The lowest BCUT2D eigenvalue weighted by atomic mass is 9.97. The summed E-state index contributed by atoms with van der Waals surface area (Å²) in [5.41, 5.74) is 9.60. The second kappa shape index (κ2) is 16.2. The molecule has 0 saturated heterocycles. The van der Waals surface area contributed by atoms with E-state index in [1.807, 2.05) is 24.3 Å². The first-order valence-corrected chi connectivity index (χ1v) is 22.6. The van der Waals surface area contributed by atoms with Crippen LogP contribution in [0.25, 0.3) is 49.0 Å². The summed E-state index contributed by atoms with van der Waals surface area (Å²) in [5, 5.41) is 18.9. The van der Waals surface area contributed by atoms with Crippen molar-refractivity contribution in [1.29, 1.82) is 0 Å². The number of carbonyl (C=O) groups excluding carboxylic acids is 2. The van der Waals surface area contributed by atoms with Crippen molar-refractivity contribution in [3.8, 4) is 10.4 Å². The molecule has 0 amide bonds. The van der Waals surface area contributed by atoms with Crippen LogP contribution in [0.2, 0.25) is 0 Å². The predicted octanol–water partition coefficient (Wildman–Crippen LogP) is 13.2. The molecule has 0 radical (unpaired) electrons. The van der Waals surface area contributed by atoms with Gasteiger partial charge in [-0.1, -0.05) is 110 Å². The van der Waals surface area contributed by atoms with Gasteiger partial charge in [0, 0.05) is 62.0 Å². The Bertz CT molecular complexity index is 3180. The van der Waals surface area contributed by atoms with E-state index < -0.39 is 11.6 Å². The molecule has 2 aliphatic rings. The van der Waals surface area contributed by atoms with Gasteiger partial charge in [-0.2, -0.15) is 4.58 Å². The van der Waals surface area contributed by atoms with E-state index in [9.17, 15) is 14.7 Å². The van der Waals surface area contributed by atoms with E-state index in [-0.39, 0.29) is 16.9 Å². The summed E-state index contributed by atoms with van der Waals surface area (Å²) >= 11 is 1.76. The van der Waals surface area contributed by atoms with Gasteiger partial charge in [-0.3, -0.25) is 9.59 Å². The Balaban J connectivity index is 1.07. The normalized spacial score (nSPS) is 15.0. The Hall–Kier alpha value is -6.83. The number of anilines is 3. The third-order valence-corrected chi connectivity index (χ3v) is 13.6. The van der Waals surface area contributed by atoms with Crippen LogP contribution in [-0.2, 0) is 9.59 Å². The molecule has 7 heteroatoms. The average molecular weight is 831 g/mol. The molecule has 2 aromatic heterocycles. The van der Waals surface area contributed by atoms with Crippen molar-refractivity contribution in [2.24, 2.45) is 0 Å². The molecular weight excluding hydrogens is 783 g/mol. The number of benzene rings is 6. The quantitative estimate of drug-likeness (QED) is 0.0525. The van der Waals surface area contributed by atoms with E-state index in [0.29, 0.717) is 5.35 Å². The highest BCUT2D eigenvalue weighted by molar-refractivity contribution is 7.19. The molecule has 0 unspecified atom stereocenters. The van der Waals surface area contributed by atoms with Gasteiger partial charge in [0.1, 0.15) is 17.3 Å². The molecule has 0 spiro atoms. The maximum Gasteiger partial charge on any atom is 0.237 e. The molecule has 1 aliphatic heterocycles. The predicted molar refractivity (Wildman–Crippen MR) is 257 cm³/mol. The standard InChI is InChI=1S/C55H47N3O3S/c1-4-5-6-7-8-9-31-57-47-28-27-39(49-29-30-50(62-49)58(37-23-19-34(2)20-24-37)38-25-21-35(3)22-26-38)40-15-12-17-42(52(40)47)48(57)33-44-53(59)43(54(60)55(44)61)32-46-41-16-10-13-36-14-11-18-45(56-46)51(36)41/h10-30,32-33H,4-9,31H2,1-3H3,(H,59,61)/p+1. The Kier molecular flexibility index (Phi) is 10.3. The minimum atomic E-state index is -0.705. The Labute approximate surface area is 365 Å². The number of aromatic nitrogens is 1. The number of aliphatic hydroxyl groups excluding tert-OH is 1. The van der Waals surface area contributed by atoms with E-state index in [0.717, 1.165) is 95.6 Å². The van der Waals surface area contributed by atoms with Crippen LogP contribution in [0.5, 0.6) is 0 Å². The molecule has 0 saturated carbocycles. The molecule has 2 N–H and O–H groups in total. The van der Waals surface area contributed by atoms with Crippen molar-refractivity contribution < 1.29 is 19.3 Å². The number of aromatic amines is 1. The lowest BCUT2D eigenvalue weighted by molar-refractivity contribution is -0.436. The van der Waals surface area contributed by atoms with Crippen molar-refractivity contribution in [3.05, 3.63) is 172 Å². The summed E-state index contributed by atoms with van der Waals surface area (Å²) in [7, 11) is 0. The minimum absolute atomic E-state index is 0.00598. The smallest absolute Gasteiger partial charge is 0.237 e. The topological polar surface area (TPSA) is 76.4 Å². The maximum absolute atomic E-state index is 13.9. The third kappa shape index (κ3) is 6.87. The second-order valence-corrected chi connectivity index (χ2v) is 17.7. The van der Waals surface area contributed by atoms with Crippen LogP contribution in [0.4, 0.5) is 22.1 Å². The van der Waals surface area contributed by atoms with Gasteiger partial charge in [0.15, 0.2) is 0 Å². The van der Waals surface area contributed by atoms with E-state index in [1.54, 1.807) is 23.5 Å². The molecule has 6 aromatic carbocycles. The fraction of sp³-hybridized carbons (Fsp3) is 0.182. The Morgan fingerprint density at radius 2 is 1.34 bits per heavy atom. The molecule has 0 fully saturated rings. The largest absolute Gasteiger partial charge is 0.506 e. The first-order chi connectivity index (χ1) is 30.3. The lowest BCUT2D eigenvalue weighted by Gasteiger charge is -2.24. The van der Waals surface area contributed by atoms with Crippen LogP contribution < -0.4 is 10.2 Å². The van der Waals surface area contributed by atoms with Crippen molar-refractivity contribution in [2.45, 2.75) is 59.3 Å². The molecular formula is C55H48N3O3S+. The molecule has 0 bridgehead atoms. The monoisotopic (exact) mass is 830 g/mol. The summed E-state index contributed by atoms with van der Waals surface area (Å²) in [5.74, 6) is -1.69. The number of aliphatic hydroxyl groups is 1. The summed E-state index contributed by atoms with van der Waals surface area (Å²) in [4.78, 5) is 34.5. The zero-order valence-electron chi connectivity index (χ0n) is 35.3. The van der Waals surface area contributed by atoms with Gasteiger partial charge < -0.3 is 15.0 Å². The van der Waals surface area contributed by atoms with Gasteiger partial charge in [-0.15, -0.1) is 11.3 Å². The Morgan fingerprint density at radius 1 is 0.661 bits per heavy atom. The first kappa shape index (κ1) is 39.3. The van der Waals surface area contributed by atoms with E-state index in [4.69, 9.17) is 0 Å². The van der Waals surface area contributed by atoms with Crippen LogP contribution in [0.15, 0.2) is 150 Å².